The maximum atomic E-state index is 6.17. The molecule has 1 aliphatic heterocycles. The van der Waals surface area contributed by atoms with Gasteiger partial charge in [0, 0.05) is 37.0 Å². The summed E-state index contributed by atoms with van der Waals surface area (Å²) >= 11 is 1.78. The summed E-state index contributed by atoms with van der Waals surface area (Å²) in [6, 6.07) is 0.329. The number of hydrogen-bond donors (Lipinski definition) is 1. The van der Waals surface area contributed by atoms with Crippen LogP contribution in [0.3, 0.4) is 0 Å². The van der Waals surface area contributed by atoms with Crippen LogP contribution < -0.4 is 5.73 Å². The van der Waals surface area contributed by atoms with Crippen LogP contribution in [-0.2, 0) is 6.54 Å². The summed E-state index contributed by atoms with van der Waals surface area (Å²) in [4.78, 5) is 7.20. The van der Waals surface area contributed by atoms with Gasteiger partial charge in [0.1, 0.15) is 0 Å². The molecule has 118 valence electrons. The zero-order chi connectivity index (χ0) is 13.3. The monoisotopic (exact) mass is 339 g/mol. The second kappa shape index (κ2) is 7.95. The van der Waals surface area contributed by atoms with Gasteiger partial charge in [0.2, 0.25) is 0 Å². The Morgan fingerprint density at radius 2 is 2.10 bits per heavy atom. The van der Waals surface area contributed by atoms with Gasteiger partial charge in [0.15, 0.2) is 0 Å². The molecule has 1 aromatic rings. The molecule has 0 bridgehead atoms. The number of hydrogen-bond acceptors (Lipinski definition) is 4. The van der Waals surface area contributed by atoms with Crippen LogP contribution in [0.15, 0.2) is 5.38 Å². The Bertz CT molecular complexity index is 407. The summed E-state index contributed by atoms with van der Waals surface area (Å²) in [5, 5.41) is 3.45. The molecule has 20 heavy (non-hydrogen) atoms. The van der Waals surface area contributed by atoms with E-state index in [9.17, 15) is 0 Å². The summed E-state index contributed by atoms with van der Waals surface area (Å²) in [5.74, 6) is 0.537. The van der Waals surface area contributed by atoms with Gasteiger partial charge in [0.25, 0.3) is 0 Å². The smallest absolute Gasteiger partial charge is 0.0954 e. The van der Waals surface area contributed by atoms with E-state index in [0.717, 1.165) is 26.1 Å². The lowest BCUT2D eigenvalue weighted by atomic mass is 9.80. The quantitative estimate of drug-likeness (QED) is 0.913. The molecule has 1 aliphatic rings. The molecule has 3 nitrogen and oxygen atoms in total. The fourth-order valence-electron chi connectivity index (χ4n) is 2.51. The van der Waals surface area contributed by atoms with Crippen LogP contribution in [0, 0.1) is 5.41 Å². The Morgan fingerprint density at radius 3 is 2.60 bits per heavy atom. The Morgan fingerprint density at radius 1 is 1.45 bits per heavy atom. The lowest BCUT2D eigenvalue weighted by molar-refractivity contribution is 0.0890. The molecule has 0 aromatic carbocycles. The first kappa shape index (κ1) is 20.1. The minimum Gasteiger partial charge on any atom is -0.327 e. The highest BCUT2D eigenvalue weighted by atomic mass is 35.5. The lowest BCUT2D eigenvalue weighted by Crippen LogP contribution is -2.52. The number of nitrogens with two attached hydrogens (primary N) is 1. The number of likely N-dealkylation sites (tertiary alicyclic amines) is 1. The molecule has 1 atom stereocenters. The minimum atomic E-state index is 0. The maximum absolute atomic E-state index is 6.17. The van der Waals surface area contributed by atoms with Crippen LogP contribution in [0.4, 0.5) is 0 Å². The van der Waals surface area contributed by atoms with Crippen molar-refractivity contribution in [2.45, 2.75) is 52.6 Å². The molecule has 0 radical (unpaired) electrons. The van der Waals surface area contributed by atoms with E-state index in [0.29, 0.717) is 12.0 Å². The van der Waals surface area contributed by atoms with E-state index in [-0.39, 0.29) is 30.2 Å². The molecule has 1 aromatic heterocycles. The highest BCUT2D eigenvalue weighted by molar-refractivity contribution is 7.09. The topological polar surface area (TPSA) is 42.2 Å². The number of aromatic nitrogens is 1. The molecule has 2 heterocycles. The highest BCUT2D eigenvalue weighted by Gasteiger charge is 2.33. The SMILES string of the molecule is CC(C)c1nc(CN2CCC(N)C(C)(C)C2)cs1.Cl.Cl. The molecule has 1 saturated heterocycles. The number of thiazole rings is 1. The normalized spacial score (nSPS) is 22.2. The highest BCUT2D eigenvalue weighted by Crippen LogP contribution is 2.29. The molecule has 1 unspecified atom stereocenters. The summed E-state index contributed by atoms with van der Waals surface area (Å²) in [7, 11) is 0. The second-order valence-corrected chi connectivity index (χ2v) is 7.32. The van der Waals surface area contributed by atoms with Gasteiger partial charge in [-0.1, -0.05) is 27.7 Å². The zero-order valence-corrected chi connectivity index (χ0v) is 15.2. The third-order valence-electron chi connectivity index (χ3n) is 3.84. The number of rotatable bonds is 3. The lowest BCUT2D eigenvalue weighted by Gasteiger charge is -2.42. The predicted molar refractivity (Wildman–Crippen MR) is 92.3 cm³/mol. The average Bonchev–Trinajstić information content (AvgIpc) is 2.72. The summed E-state index contributed by atoms with van der Waals surface area (Å²) < 4.78 is 0. The van der Waals surface area contributed by atoms with E-state index in [1.54, 1.807) is 11.3 Å². The summed E-state index contributed by atoms with van der Waals surface area (Å²) in [5.41, 5.74) is 7.61. The molecule has 2 rings (SSSR count). The van der Waals surface area contributed by atoms with Gasteiger partial charge in [-0.2, -0.15) is 0 Å². The molecule has 1 fully saturated rings. The van der Waals surface area contributed by atoms with Crippen LogP contribution in [-0.4, -0.2) is 29.0 Å². The molecular formula is C14H27Cl2N3S. The van der Waals surface area contributed by atoms with E-state index in [4.69, 9.17) is 10.7 Å². The van der Waals surface area contributed by atoms with Crippen molar-refractivity contribution >= 4 is 36.2 Å². The number of nitrogens with zero attached hydrogens (tertiary/aromatic N) is 2. The van der Waals surface area contributed by atoms with E-state index in [2.05, 4.69) is 38.0 Å². The zero-order valence-electron chi connectivity index (χ0n) is 12.8. The van der Waals surface area contributed by atoms with Crippen LogP contribution >= 0.6 is 36.2 Å². The Labute approximate surface area is 139 Å². The van der Waals surface area contributed by atoms with Crippen LogP contribution in [0.2, 0.25) is 0 Å². The molecule has 0 saturated carbocycles. The first-order valence-corrected chi connectivity index (χ1v) is 7.68. The molecule has 0 amide bonds. The molecule has 6 heteroatoms. The maximum Gasteiger partial charge on any atom is 0.0954 e. The van der Waals surface area contributed by atoms with Gasteiger partial charge in [-0.3, -0.25) is 4.90 Å². The largest absolute Gasteiger partial charge is 0.327 e. The Balaban J connectivity index is 0.00000180. The van der Waals surface area contributed by atoms with Gasteiger partial charge in [-0.15, -0.1) is 36.2 Å². The molecule has 2 N–H and O–H groups in total. The predicted octanol–water partition coefficient (Wildman–Crippen LogP) is 3.67. The standard InChI is InChI=1S/C14H25N3S.2ClH/c1-10(2)13-16-11(8-18-13)7-17-6-5-12(15)14(3,4)9-17;;/h8,10,12H,5-7,9,15H2,1-4H3;2*1H. The van der Waals surface area contributed by atoms with Crippen molar-refractivity contribution in [2.24, 2.45) is 11.1 Å². The van der Waals surface area contributed by atoms with E-state index < -0.39 is 0 Å². The van der Waals surface area contributed by atoms with Crippen molar-refractivity contribution in [3.05, 3.63) is 16.1 Å². The Hall–Kier alpha value is 0.130. The Kier molecular flexibility index (Phi) is 8.00. The molecule has 0 spiro atoms. The number of halogens is 2. The van der Waals surface area contributed by atoms with Crippen LogP contribution in [0.5, 0.6) is 0 Å². The average molecular weight is 340 g/mol. The first-order chi connectivity index (χ1) is 8.38. The molecule has 0 aliphatic carbocycles. The minimum absolute atomic E-state index is 0. The van der Waals surface area contributed by atoms with Crippen LogP contribution in [0.1, 0.15) is 50.7 Å². The molecular weight excluding hydrogens is 313 g/mol. The van der Waals surface area contributed by atoms with E-state index in [1.165, 1.54) is 10.7 Å². The van der Waals surface area contributed by atoms with Crippen molar-refractivity contribution in [2.75, 3.05) is 13.1 Å². The van der Waals surface area contributed by atoms with Crippen LogP contribution in [0.25, 0.3) is 0 Å². The third-order valence-corrected chi connectivity index (χ3v) is 5.03. The van der Waals surface area contributed by atoms with Crippen molar-refractivity contribution in [3.8, 4) is 0 Å². The van der Waals surface area contributed by atoms with Gasteiger partial charge >= 0.3 is 0 Å². The van der Waals surface area contributed by atoms with Crippen molar-refractivity contribution in [3.63, 3.8) is 0 Å². The second-order valence-electron chi connectivity index (χ2n) is 6.43. The third kappa shape index (κ3) is 4.85. The summed E-state index contributed by atoms with van der Waals surface area (Å²) in [6.07, 6.45) is 1.09. The van der Waals surface area contributed by atoms with Crippen molar-refractivity contribution in [1.29, 1.82) is 0 Å². The fraction of sp³-hybridized carbons (Fsp3) is 0.786. The van der Waals surface area contributed by atoms with E-state index >= 15 is 0 Å². The summed E-state index contributed by atoms with van der Waals surface area (Å²) in [6.45, 7) is 12.1. The van der Waals surface area contributed by atoms with Gasteiger partial charge < -0.3 is 5.73 Å². The first-order valence-electron chi connectivity index (χ1n) is 6.81. The van der Waals surface area contributed by atoms with Crippen molar-refractivity contribution in [1.82, 2.24) is 9.88 Å². The van der Waals surface area contributed by atoms with Crippen molar-refractivity contribution < 1.29 is 0 Å². The van der Waals surface area contributed by atoms with Gasteiger partial charge in [-0.25, -0.2) is 4.98 Å². The van der Waals surface area contributed by atoms with Gasteiger partial charge in [-0.05, 0) is 11.8 Å². The van der Waals surface area contributed by atoms with Gasteiger partial charge in [0.05, 0.1) is 10.7 Å². The number of piperidine rings is 1. The van der Waals surface area contributed by atoms with E-state index in [1.807, 2.05) is 0 Å². The fourth-order valence-corrected chi connectivity index (χ4v) is 3.34.